The third kappa shape index (κ3) is 2.04. The lowest BCUT2D eigenvalue weighted by molar-refractivity contribution is 0.119. The second-order valence-electron chi connectivity index (χ2n) is 5.11. The molecule has 2 aliphatic heterocycles. The van der Waals surface area contributed by atoms with Crippen molar-refractivity contribution in [3.8, 4) is 0 Å². The maximum absolute atomic E-state index is 3.55. The Bertz CT molecular complexity index is 361. The van der Waals surface area contributed by atoms with Crippen LogP contribution < -0.4 is 5.32 Å². The van der Waals surface area contributed by atoms with Crippen LogP contribution in [-0.2, 0) is 6.54 Å². The minimum absolute atomic E-state index is 0.802. The molecule has 0 radical (unpaired) electrons. The summed E-state index contributed by atoms with van der Waals surface area (Å²) in [5.41, 5.74) is 0. The highest BCUT2D eigenvalue weighted by Gasteiger charge is 2.34. The molecule has 0 spiro atoms. The number of hydrogen-bond donors (Lipinski definition) is 1. The summed E-state index contributed by atoms with van der Waals surface area (Å²) in [5, 5.41) is 3.55. The number of rotatable bonds is 2. The normalized spacial score (nSPS) is 30.6. The number of hydrogen-bond acceptors (Lipinski definition) is 3. The Morgan fingerprint density at radius 1 is 1.44 bits per heavy atom. The summed E-state index contributed by atoms with van der Waals surface area (Å²) in [7, 11) is 0. The Morgan fingerprint density at radius 3 is 3.19 bits per heavy atom. The van der Waals surface area contributed by atoms with Crippen molar-refractivity contribution in [2.24, 2.45) is 5.92 Å². The lowest BCUT2D eigenvalue weighted by Crippen LogP contribution is -2.44. The van der Waals surface area contributed by atoms with E-state index in [-0.39, 0.29) is 0 Å². The molecule has 3 rings (SSSR count). The van der Waals surface area contributed by atoms with Crippen LogP contribution in [0.2, 0.25) is 0 Å². The molecule has 0 aliphatic carbocycles. The molecule has 88 valence electrons. The van der Waals surface area contributed by atoms with Crippen molar-refractivity contribution in [3.05, 3.63) is 21.9 Å². The predicted molar refractivity (Wildman–Crippen MR) is 68.8 cm³/mol. The molecule has 3 heterocycles. The van der Waals surface area contributed by atoms with Crippen LogP contribution >= 0.6 is 11.3 Å². The molecule has 0 unspecified atom stereocenters. The van der Waals surface area contributed by atoms with Crippen molar-refractivity contribution in [1.29, 1.82) is 0 Å². The average Bonchev–Trinajstić information content (AvgIpc) is 2.87. The van der Waals surface area contributed by atoms with E-state index in [1.165, 1.54) is 48.8 Å². The molecule has 2 nitrogen and oxygen atoms in total. The standard InChI is InChI=1S/C13H20N2S/c1-10-4-5-12(16-10)9-15-6-2-3-11-7-14-8-13(11)15/h4-5,11,13-14H,2-3,6-9H2,1H3/t11-,13+/m0/s1. The Balaban J connectivity index is 1.69. The fourth-order valence-electron chi connectivity index (χ4n) is 3.13. The summed E-state index contributed by atoms with van der Waals surface area (Å²) < 4.78 is 0. The quantitative estimate of drug-likeness (QED) is 0.847. The molecule has 1 N–H and O–H groups in total. The molecule has 0 amide bonds. The molecule has 2 fully saturated rings. The zero-order chi connectivity index (χ0) is 11.0. The van der Waals surface area contributed by atoms with E-state index in [1.54, 1.807) is 0 Å². The van der Waals surface area contributed by atoms with E-state index in [2.05, 4.69) is 29.3 Å². The van der Waals surface area contributed by atoms with Crippen molar-refractivity contribution in [2.45, 2.75) is 32.4 Å². The highest BCUT2D eigenvalue weighted by Crippen LogP contribution is 2.28. The Morgan fingerprint density at radius 2 is 2.38 bits per heavy atom. The first-order chi connectivity index (χ1) is 7.83. The van der Waals surface area contributed by atoms with Crippen molar-refractivity contribution in [2.75, 3.05) is 19.6 Å². The first-order valence-corrected chi connectivity index (χ1v) is 7.14. The van der Waals surface area contributed by atoms with Gasteiger partial charge in [-0.3, -0.25) is 4.90 Å². The van der Waals surface area contributed by atoms with E-state index >= 15 is 0 Å². The minimum Gasteiger partial charge on any atom is -0.315 e. The second kappa shape index (κ2) is 4.47. The monoisotopic (exact) mass is 236 g/mol. The fourth-order valence-corrected chi connectivity index (χ4v) is 4.05. The number of fused-ring (bicyclic) bond motifs is 1. The van der Waals surface area contributed by atoms with Gasteiger partial charge in [-0.05, 0) is 50.9 Å². The Hall–Kier alpha value is -0.380. The van der Waals surface area contributed by atoms with E-state index in [1.807, 2.05) is 11.3 Å². The van der Waals surface area contributed by atoms with Crippen LogP contribution in [0, 0.1) is 12.8 Å². The van der Waals surface area contributed by atoms with Gasteiger partial charge in [-0.2, -0.15) is 0 Å². The van der Waals surface area contributed by atoms with Gasteiger partial charge in [0.25, 0.3) is 0 Å². The third-order valence-corrected chi connectivity index (χ3v) is 4.93. The average molecular weight is 236 g/mol. The molecule has 2 atom stereocenters. The number of likely N-dealkylation sites (tertiary alicyclic amines) is 1. The van der Waals surface area contributed by atoms with Crippen molar-refractivity contribution in [3.63, 3.8) is 0 Å². The molecule has 3 heteroatoms. The van der Waals surface area contributed by atoms with Gasteiger partial charge in [-0.1, -0.05) is 0 Å². The summed E-state index contributed by atoms with van der Waals surface area (Å²) in [6, 6.07) is 5.34. The Labute approximate surface area is 102 Å². The predicted octanol–water partition coefficient (Wildman–Crippen LogP) is 2.24. The van der Waals surface area contributed by atoms with Crippen LogP contribution in [0.1, 0.15) is 22.6 Å². The van der Waals surface area contributed by atoms with Gasteiger partial charge >= 0.3 is 0 Å². The van der Waals surface area contributed by atoms with Crippen molar-refractivity contribution >= 4 is 11.3 Å². The molecule has 0 saturated carbocycles. The first-order valence-electron chi connectivity index (χ1n) is 6.33. The zero-order valence-electron chi connectivity index (χ0n) is 9.91. The number of piperidine rings is 1. The molecule has 0 aromatic carbocycles. The smallest absolute Gasteiger partial charge is 0.0331 e. The van der Waals surface area contributed by atoms with Gasteiger partial charge < -0.3 is 5.32 Å². The summed E-state index contributed by atoms with van der Waals surface area (Å²) in [4.78, 5) is 5.66. The van der Waals surface area contributed by atoms with E-state index in [9.17, 15) is 0 Å². The Kier molecular flexibility index (Phi) is 3.01. The lowest BCUT2D eigenvalue weighted by Gasteiger charge is -2.36. The topological polar surface area (TPSA) is 15.3 Å². The van der Waals surface area contributed by atoms with E-state index in [4.69, 9.17) is 0 Å². The maximum atomic E-state index is 3.55. The maximum Gasteiger partial charge on any atom is 0.0331 e. The summed E-state index contributed by atoms with van der Waals surface area (Å²) >= 11 is 1.95. The van der Waals surface area contributed by atoms with Gasteiger partial charge in [0.05, 0.1) is 0 Å². The SMILES string of the molecule is Cc1ccc(CN2CCC[C@H]3CNC[C@H]32)s1. The van der Waals surface area contributed by atoms with Gasteiger partial charge in [0, 0.05) is 28.9 Å². The molecule has 2 aliphatic rings. The van der Waals surface area contributed by atoms with Crippen LogP contribution in [-0.4, -0.2) is 30.6 Å². The fraction of sp³-hybridized carbons (Fsp3) is 0.692. The number of aryl methyl sites for hydroxylation is 1. The molecular weight excluding hydrogens is 216 g/mol. The number of nitrogens with zero attached hydrogens (tertiary/aromatic N) is 1. The summed E-state index contributed by atoms with van der Waals surface area (Å²) in [5.74, 6) is 0.912. The highest BCUT2D eigenvalue weighted by molar-refractivity contribution is 7.11. The molecule has 1 aromatic rings. The number of nitrogens with one attached hydrogen (secondary N) is 1. The zero-order valence-corrected chi connectivity index (χ0v) is 10.7. The van der Waals surface area contributed by atoms with Crippen molar-refractivity contribution < 1.29 is 0 Å². The molecule has 2 saturated heterocycles. The van der Waals surface area contributed by atoms with E-state index < -0.39 is 0 Å². The van der Waals surface area contributed by atoms with Gasteiger partial charge in [0.1, 0.15) is 0 Å². The largest absolute Gasteiger partial charge is 0.315 e. The lowest BCUT2D eigenvalue weighted by atomic mass is 9.92. The van der Waals surface area contributed by atoms with Gasteiger partial charge in [-0.15, -0.1) is 11.3 Å². The van der Waals surface area contributed by atoms with Gasteiger partial charge in [0.2, 0.25) is 0 Å². The van der Waals surface area contributed by atoms with Crippen molar-refractivity contribution in [1.82, 2.24) is 10.2 Å². The summed E-state index contributed by atoms with van der Waals surface area (Å²) in [6.07, 6.45) is 2.81. The second-order valence-corrected chi connectivity index (χ2v) is 6.48. The highest BCUT2D eigenvalue weighted by atomic mass is 32.1. The number of thiophene rings is 1. The first kappa shape index (κ1) is 10.8. The molecule has 1 aromatic heterocycles. The van der Waals surface area contributed by atoms with Gasteiger partial charge in [0.15, 0.2) is 0 Å². The van der Waals surface area contributed by atoms with Crippen LogP contribution in [0.4, 0.5) is 0 Å². The van der Waals surface area contributed by atoms with E-state index in [0.29, 0.717) is 0 Å². The van der Waals surface area contributed by atoms with Crippen LogP contribution in [0.3, 0.4) is 0 Å². The molecule has 16 heavy (non-hydrogen) atoms. The molecule has 0 bridgehead atoms. The summed E-state index contributed by atoms with van der Waals surface area (Å²) in [6.45, 7) is 7.10. The van der Waals surface area contributed by atoms with E-state index in [0.717, 1.165) is 12.0 Å². The minimum atomic E-state index is 0.802. The van der Waals surface area contributed by atoms with Crippen LogP contribution in [0.15, 0.2) is 12.1 Å². The van der Waals surface area contributed by atoms with Crippen LogP contribution in [0.25, 0.3) is 0 Å². The van der Waals surface area contributed by atoms with Crippen LogP contribution in [0.5, 0.6) is 0 Å². The molecular formula is C13H20N2S. The third-order valence-electron chi connectivity index (χ3n) is 3.95. The van der Waals surface area contributed by atoms with Gasteiger partial charge in [-0.25, -0.2) is 0 Å².